The van der Waals surface area contributed by atoms with Crippen LogP contribution in [0.3, 0.4) is 0 Å². The molecule has 0 fully saturated rings. The van der Waals surface area contributed by atoms with Gasteiger partial charge in [-0.05, 0) is 6.42 Å². The molecule has 0 radical (unpaired) electrons. The van der Waals surface area contributed by atoms with Crippen molar-refractivity contribution in [3.05, 3.63) is 11.4 Å². The van der Waals surface area contributed by atoms with Crippen LogP contribution in [0.5, 0.6) is 5.19 Å². The van der Waals surface area contributed by atoms with Crippen molar-refractivity contribution in [2.24, 2.45) is 5.73 Å². The lowest BCUT2D eigenvalue weighted by Gasteiger charge is -2.04. The van der Waals surface area contributed by atoms with Gasteiger partial charge in [-0.3, -0.25) is 0 Å². The monoisotopic (exact) mass is 320 g/mol. The lowest BCUT2D eigenvalue weighted by molar-refractivity contribution is 0.211. The number of primary amides is 1. The minimum atomic E-state index is -1.49. The fourth-order valence-corrected chi connectivity index (χ4v) is 2.74. The molecule has 0 aliphatic rings. The van der Waals surface area contributed by atoms with E-state index in [1.165, 1.54) is 0 Å². The predicted molar refractivity (Wildman–Crippen MR) is 85.0 cm³/mol. The van der Waals surface area contributed by atoms with Crippen LogP contribution >= 0.6 is 11.3 Å². The van der Waals surface area contributed by atoms with Crippen LogP contribution in [0.15, 0.2) is 0 Å². The third-order valence-electron chi connectivity index (χ3n) is 2.38. The zero-order chi connectivity index (χ0) is 15.6. The van der Waals surface area contributed by atoms with Crippen molar-refractivity contribution in [1.82, 2.24) is 15.0 Å². The Morgan fingerprint density at radius 3 is 2.62 bits per heavy atom. The van der Waals surface area contributed by atoms with Gasteiger partial charge in [0, 0.05) is 0 Å². The minimum Gasteiger partial charge on any atom is -0.381 e. The quantitative estimate of drug-likeness (QED) is 0.677. The SMILES string of the molecule is CCc1nc2nc(OC(N)=O)sc2nc1C#C[Si](C)(C)C. The van der Waals surface area contributed by atoms with Gasteiger partial charge >= 0.3 is 6.09 Å². The highest BCUT2D eigenvalue weighted by Crippen LogP contribution is 2.26. The van der Waals surface area contributed by atoms with Crippen LogP contribution in [0.25, 0.3) is 10.5 Å². The summed E-state index contributed by atoms with van der Waals surface area (Å²) in [4.78, 5) is 24.4. The molecule has 0 aliphatic heterocycles. The third kappa shape index (κ3) is 3.99. The largest absolute Gasteiger partial charge is 0.411 e. The fourth-order valence-electron chi connectivity index (χ4n) is 1.50. The second-order valence-electron chi connectivity index (χ2n) is 5.40. The van der Waals surface area contributed by atoms with E-state index in [9.17, 15) is 4.79 Å². The summed E-state index contributed by atoms with van der Waals surface area (Å²) >= 11 is 1.13. The number of fused-ring (bicyclic) bond motifs is 1. The molecular formula is C13H16N4O2SSi. The molecule has 2 aromatic rings. The number of nitrogens with zero attached hydrogens (tertiary/aromatic N) is 3. The Balaban J connectivity index is 2.50. The minimum absolute atomic E-state index is 0.148. The summed E-state index contributed by atoms with van der Waals surface area (Å²) in [5.41, 5.74) is 10.2. The van der Waals surface area contributed by atoms with E-state index in [2.05, 4.69) is 46.1 Å². The van der Waals surface area contributed by atoms with Gasteiger partial charge in [0.05, 0.1) is 5.69 Å². The Morgan fingerprint density at radius 2 is 2.05 bits per heavy atom. The van der Waals surface area contributed by atoms with Gasteiger partial charge in [-0.25, -0.2) is 14.8 Å². The Labute approximate surface area is 127 Å². The Bertz CT molecular complexity index is 755. The molecule has 1 amide bonds. The van der Waals surface area contributed by atoms with Gasteiger partial charge in [0.2, 0.25) is 0 Å². The number of thiazole rings is 1. The normalized spacial score (nSPS) is 11.0. The second-order valence-corrected chi connectivity index (χ2v) is 11.1. The molecule has 0 spiro atoms. The summed E-state index contributed by atoms with van der Waals surface area (Å²) in [6.45, 7) is 8.50. The van der Waals surface area contributed by atoms with Gasteiger partial charge in [-0.1, -0.05) is 43.8 Å². The van der Waals surface area contributed by atoms with E-state index in [-0.39, 0.29) is 5.19 Å². The van der Waals surface area contributed by atoms with Crippen LogP contribution in [0.4, 0.5) is 4.79 Å². The van der Waals surface area contributed by atoms with Gasteiger partial charge in [0.25, 0.3) is 5.19 Å². The molecule has 0 saturated heterocycles. The summed E-state index contributed by atoms with van der Waals surface area (Å²) < 4.78 is 4.76. The summed E-state index contributed by atoms with van der Waals surface area (Å²) in [5, 5.41) is 0.148. The Hall–Kier alpha value is -1.98. The number of carbonyl (C=O) groups is 1. The molecular weight excluding hydrogens is 304 g/mol. The lowest BCUT2D eigenvalue weighted by atomic mass is 10.2. The highest BCUT2D eigenvalue weighted by atomic mass is 32.1. The fraction of sp³-hybridized carbons (Fsp3) is 0.385. The summed E-state index contributed by atoms with van der Waals surface area (Å²) in [7, 11) is -1.49. The van der Waals surface area contributed by atoms with E-state index in [0.717, 1.165) is 17.0 Å². The molecule has 2 heterocycles. The maximum atomic E-state index is 10.8. The topological polar surface area (TPSA) is 91.0 Å². The van der Waals surface area contributed by atoms with Crippen LogP contribution in [-0.4, -0.2) is 29.1 Å². The number of rotatable bonds is 2. The van der Waals surface area contributed by atoms with E-state index >= 15 is 0 Å². The van der Waals surface area contributed by atoms with Gasteiger partial charge in [-0.15, -0.1) is 5.54 Å². The standard InChI is InChI=1S/C13H16N4O2SSi/c1-5-8-9(6-7-21(2,3)4)16-11-10(15-8)17-13(20-11)19-12(14)18/h5H2,1-4H3,(H2,14,18). The first kappa shape index (κ1) is 15.4. The van der Waals surface area contributed by atoms with E-state index in [1.807, 2.05) is 6.92 Å². The predicted octanol–water partition coefficient (Wildman–Crippen LogP) is 2.34. The van der Waals surface area contributed by atoms with Gasteiger partial charge < -0.3 is 10.5 Å². The van der Waals surface area contributed by atoms with Crippen molar-refractivity contribution in [3.8, 4) is 16.7 Å². The molecule has 0 aliphatic carbocycles. The zero-order valence-corrected chi connectivity index (χ0v) is 14.2. The van der Waals surface area contributed by atoms with E-state index in [1.54, 1.807) is 0 Å². The average Bonchev–Trinajstić information content (AvgIpc) is 2.74. The van der Waals surface area contributed by atoms with Crippen molar-refractivity contribution in [2.45, 2.75) is 33.0 Å². The summed E-state index contributed by atoms with van der Waals surface area (Å²) in [5.74, 6) is 3.13. The first-order chi connectivity index (χ1) is 9.78. The van der Waals surface area contributed by atoms with E-state index < -0.39 is 14.2 Å². The molecule has 0 unspecified atom stereocenters. The lowest BCUT2D eigenvalue weighted by Crippen LogP contribution is -2.16. The van der Waals surface area contributed by atoms with Gasteiger partial charge in [-0.2, -0.15) is 4.98 Å². The second kappa shape index (κ2) is 5.79. The molecule has 8 heteroatoms. The van der Waals surface area contributed by atoms with Crippen molar-refractivity contribution < 1.29 is 9.53 Å². The summed E-state index contributed by atoms with van der Waals surface area (Å²) in [6.07, 6.45) is -0.189. The Kier molecular flexibility index (Phi) is 4.25. The maximum Gasteiger partial charge on any atom is 0.411 e. The molecule has 6 nitrogen and oxygen atoms in total. The van der Waals surface area contributed by atoms with Crippen LogP contribution in [0, 0.1) is 11.5 Å². The van der Waals surface area contributed by atoms with E-state index in [4.69, 9.17) is 10.5 Å². The molecule has 0 saturated carbocycles. The van der Waals surface area contributed by atoms with Crippen LogP contribution < -0.4 is 10.5 Å². The molecule has 110 valence electrons. The van der Waals surface area contributed by atoms with Crippen LogP contribution in [-0.2, 0) is 6.42 Å². The molecule has 21 heavy (non-hydrogen) atoms. The molecule has 2 aromatic heterocycles. The average molecular weight is 320 g/mol. The molecule has 2 N–H and O–H groups in total. The molecule has 0 bridgehead atoms. The highest BCUT2D eigenvalue weighted by molar-refractivity contribution is 7.19. The van der Waals surface area contributed by atoms with E-state index in [0.29, 0.717) is 22.6 Å². The van der Waals surface area contributed by atoms with Crippen molar-refractivity contribution in [2.75, 3.05) is 0 Å². The molecule has 2 rings (SSSR count). The van der Waals surface area contributed by atoms with Gasteiger partial charge in [0.1, 0.15) is 13.8 Å². The first-order valence-corrected chi connectivity index (χ1v) is 10.8. The zero-order valence-electron chi connectivity index (χ0n) is 12.4. The number of nitrogens with two attached hydrogens (primary N) is 1. The van der Waals surface area contributed by atoms with Crippen LogP contribution in [0.2, 0.25) is 19.6 Å². The Morgan fingerprint density at radius 1 is 1.33 bits per heavy atom. The maximum absolute atomic E-state index is 10.8. The number of aryl methyl sites for hydroxylation is 1. The number of aromatic nitrogens is 3. The highest BCUT2D eigenvalue weighted by Gasteiger charge is 2.14. The first-order valence-electron chi connectivity index (χ1n) is 6.46. The van der Waals surface area contributed by atoms with Crippen molar-refractivity contribution in [3.63, 3.8) is 0 Å². The number of ether oxygens (including phenoxy) is 1. The number of amides is 1. The van der Waals surface area contributed by atoms with Crippen molar-refractivity contribution in [1.29, 1.82) is 0 Å². The number of hydrogen-bond donors (Lipinski definition) is 1. The van der Waals surface area contributed by atoms with Crippen LogP contribution in [0.1, 0.15) is 18.3 Å². The molecule has 0 atom stereocenters. The van der Waals surface area contributed by atoms with Crippen molar-refractivity contribution >= 4 is 36.0 Å². The number of carbonyl (C=O) groups excluding carboxylic acids is 1. The smallest absolute Gasteiger partial charge is 0.381 e. The third-order valence-corrected chi connectivity index (χ3v) is 4.07. The summed E-state index contributed by atoms with van der Waals surface area (Å²) in [6, 6.07) is 0. The number of hydrogen-bond acceptors (Lipinski definition) is 6. The van der Waals surface area contributed by atoms with Gasteiger partial charge in [0.15, 0.2) is 10.5 Å². The molecule has 0 aromatic carbocycles.